The largest absolute Gasteiger partial charge is 0.344 e. The van der Waals surface area contributed by atoms with E-state index < -0.39 is 0 Å². The van der Waals surface area contributed by atoms with Crippen molar-refractivity contribution in [1.82, 2.24) is 15.6 Å². The first kappa shape index (κ1) is 13.5. The summed E-state index contributed by atoms with van der Waals surface area (Å²) in [4.78, 5) is 17.8. The third-order valence-electron chi connectivity index (χ3n) is 3.26. The van der Waals surface area contributed by atoms with Crippen LogP contribution in [0.4, 0.5) is 0 Å². The molecule has 18 heavy (non-hydrogen) atoms. The third kappa shape index (κ3) is 3.09. The molecule has 5 heteroatoms. The Morgan fingerprint density at radius 3 is 2.94 bits per heavy atom. The zero-order valence-corrected chi connectivity index (χ0v) is 12.1. The van der Waals surface area contributed by atoms with Gasteiger partial charge in [-0.15, -0.1) is 11.3 Å². The van der Waals surface area contributed by atoms with Crippen molar-refractivity contribution in [2.75, 3.05) is 13.1 Å². The molecular formula is C13H21N3OS. The summed E-state index contributed by atoms with van der Waals surface area (Å²) < 4.78 is 0. The summed E-state index contributed by atoms with van der Waals surface area (Å²) in [6.45, 7) is 7.88. The maximum absolute atomic E-state index is 12.2. The van der Waals surface area contributed by atoms with Crippen LogP contribution in [0.2, 0.25) is 0 Å². The molecule has 4 nitrogen and oxygen atoms in total. The molecule has 1 aliphatic rings. The highest BCUT2D eigenvalue weighted by atomic mass is 32.1. The van der Waals surface area contributed by atoms with Crippen molar-refractivity contribution >= 4 is 17.2 Å². The minimum atomic E-state index is -0.381. The highest BCUT2D eigenvalue weighted by Gasteiger charge is 2.30. The van der Waals surface area contributed by atoms with Crippen molar-refractivity contribution in [3.8, 4) is 0 Å². The van der Waals surface area contributed by atoms with Crippen molar-refractivity contribution in [1.29, 1.82) is 0 Å². The van der Waals surface area contributed by atoms with Gasteiger partial charge >= 0.3 is 0 Å². The fourth-order valence-corrected chi connectivity index (χ4v) is 3.00. The van der Waals surface area contributed by atoms with Crippen LogP contribution in [0.3, 0.4) is 0 Å². The zero-order valence-electron chi connectivity index (χ0n) is 11.2. The highest BCUT2D eigenvalue weighted by Crippen LogP contribution is 2.25. The first-order valence-electron chi connectivity index (χ1n) is 6.45. The quantitative estimate of drug-likeness (QED) is 0.878. The van der Waals surface area contributed by atoms with Crippen LogP contribution < -0.4 is 10.6 Å². The summed E-state index contributed by atoms with van der Waals surface area (Å²) in [5.74, 6) is 0.235. The average molecular weight is 267 g/mol. The topological polar surface area (TPSA) is 54.0 Å². The Morgan fingerprint density at radius 2 is 2.39 bits per heavy atom. The van der Waals surface area contributed by atoms with Gasteiger partial charge in [-0.3, -0.25) is 4.79 Å². The van der Waals surface area contributed by atoms with Crippen LogP contribution in [0.1, 0.15) is 36.6 Å². The van der Waals surface area contributed by atoms with Crippen LogP contribution in [-0.2, 0) is 10.3 Å². The molecule has 100 valence electrons. The lowest BCUT2D eigenvalue weighted by Crippen LogP contribution is -2.47. The molecule has 1 aliphatic heterocycles. The number of hydrogen-bond acceptors (Lipinski definition) is 4. The fraction of sp³-hybridized carbons (Fsp3) is 0.692. The molecule has 0 aromatic carbocycles. The Kier molecular flexibility index (Phi) is 4.02. The predicted octanol–water partition coefficient (Wildman–Crippen LogP) is 1.80. The maximum atomic E-state index is 12.2. The van der Waals surface area contributed by atoms with Gasteiger partial charge in [-0.25, -0.2) is 4.98 Å². The number of aromatic nitrogens is 1. The molecule has 2 heterocycles. The van der Waals surface area contributed by atoms with Gasteiger partial charge in [-0.05, 0) is 40.2 Å². The Bertz CT molecular complexity index is 422. The molecule has 1 saturated heterocycles. The molecule has 2 N–H and O–H groups in total. The normalized spacial score (nSPS) is 20.7. The van der Waals surface area contributed by atoms with Crippen molar-refractivity contribution in [3.05, 3.63) is 16.1 Å². The summed E-state index contributed by atoms with van der Waals surface area (Å²) in [7, 11) is 0. The zero-order chi connectivity index (χ0) is 13.2. The number of amides is 1. The van der Waals surface area contributed by atoms with Crippen LogP contribution in [0.5, 0.6) is 0 Å². The Labute approximate surface area is 112 Å². The number of hydrogen-bond donors (Lipinski definition) is 2. The van der Waals surface area contributed by atoms with E-state index in [-0.39, 0.29) is 17.4 Å². The van der Waals surface area contributed by atoms with Gasteiger partial charge in [0.1, 0.15) is 5.01 Å². The van der Waals surface area contributed by atoms with Crippen molar-refractivity contribution in [2.24, 2.45) is 5.92 Å². The minimum Gasteiger partial charge on any atom is -0.344 e. The van der Waals surface area contributed by atoms with Gasteiger partial charge in [0.05, 0.1) is 11.5 Å². The summed E-state index contributed by atoms with van der Waals surface area (Å²) in [6.07, 6.45) is 3.91. The molecule has 2 rings (SSSR count). The van der Waals surface area contributed by atoms with Crippen LogP contribution >= 0.6 is 11.3 Å². The van der Waals surface area contributed by atoms with E-state index in [9.17, 15) is 4.79 Å². The molecule has 0 radical (unpaired) electrons. The van der Waals surface area contributed by atoms with E-state index in [4.69, 9.17) is 0 Å². The summed E-state index contributed by atoms with van der Waals surface area (Å²) in [5, 5.41) is 7.37. The van der Waals surface area contributed by atoms with Crippen LogP contribution in [0, 0.1) is 12.8 Å². The second-order valence-electron chi connectivity index (χ2n) is 5.43. The number of aryl methyl sites for hydroxylation is 1. The predicted molar refractivity (Wildman–Crippen MR) is 73.6 cm³/mol. The van der Waals surface area contributed by atoms with Gasteiger partial charge in [0.2, 0.25) is 5.91 Å². The first-order chi connectivity index (χ1) is 8.49. The second kappa shape index (κ2) is 5.36. The van der Waals surface area contributed by atoms with Crippen molar-refractivity contribution in [2.45, 2.75) is 39.2 Å². The third-order valence-corrected chi connectivity index (χ3v) is 4.50. The van der Waals surface area contributed by atoms with Gasteiger partial charge in [-0.1, -0.05) is 0 Å². The Morgan fingerprint density at radius 1 is 1.61 bits per heavy atom. The number of carbonyl (C=O) groups excluding carboxylic acids is 1. The number of rotatable bonds is 3. The van der Waals surface area contributed by atoms with Gasteiger partial charge in [-0.2, -0.15) is 0 Å². The minimum absolute atomic E-state index is 0.0964. The number of nitrogens with one attached hydrogen (secondary N) is 2. The lowest BCUT2D eigenvalue weighted by molar-refractivity contribution is -0.127. The van der Waals surface area contributed by atoms with Gasteiger partial charge in [0, 0.05) is 17.6 Å². The van der Waals surface area contributed by atoms with E-state index in [2.05, 4.69) is 15.6 Å². The monoisotopic (exact) mass is 267 g/mol. The molecule has 0 saturated carbocycles. The molecule has 0 aliphatic carbocycles. The number of nitrogens with zero attached hydrogens (tertiary/aromatic N) is 1. The van der Waals surface area contributed by atoms with E-state index in [1.165, 1.54) is 4.88 Å². The van der Waals surface area contributed by atoms with Crippen LogP contribution in [0.15, 0.2) is 6.20 Å². The van der Waals surface area contributed by atoms with E-state index in [0.29, 0.717) is 0 Å². The number of thiazole rings is 1. The molecule has 1 aromatic rings. The molecule has 0 spiro atoms. The molecule has 1 aromatic heterocycles. The number of piperidine rings is 1. The lowest BCUT2D eigenvalue weighted by atomic mass is 9.97. The molecule has 0 bridgehead atoms. The van der Waals surface area contributed by atoms with E-state index in [1.807, 2.05) is 27.0 Å². The van der Waals surface area contributed by atoms with E-state index in [1.54, 1.807) is 11.3 Å². The van der Waals surface area contributed by atoms with Crippen LogP contribution in [0.25, 0.3) is 0 Å². The maximum Gasteiger partial charge on any atom is 0.225 e. The van der Waals surface area contributed by atoms with Gasteiger partial charge < -0.3 is 10.6 Å². The molecular weight excluding hydrogens is 246 g/mol. The second-order valence-corrected chi connectivity index (χ2v) is 6.67. The summed E-state index contributed by atoms with van der Waals surface area (Å²) in [6, 6.07) is 0. The Balaban J connectivity index is 2.00. The standard InChI is InChI=1S/C13H21N3OS/c1-9-7-15-12(18-9)13(2,3)16-11(17)10-5-4-6-14-8-10/h7,10,14H,4-6,8H2,1-3H3,(H,16,17). The number of carbonyl (C=O) groups is 1. The SMILES string of the molecule is Cc1cnc(C(C)(C)NC(=O)C2CCCNC2)s1. The van der Waals surface area contributed by atoms with E-state index >= 15 is 0 Å². The van der Waals surface area contributed by atoms with Gasteiger partial charge in [0.15, 0.2) is 0 Å². The first-order valence-corrected chi connectivity index (χ1v) is 7.26. The molecule has 1 amide bonds. The summed E-state index contributed by atoms with van der Waals surface area (Å²) >= 11 is 1.64. The highest BCUT2D eigenvalue weighted by molar-refractivity contribution is 7.11. The molecule has 1 atom stereocenters. The molecule has 1 unspecified atom stereocenters. The molecule has 1 fully saturated rings. The van der Waals surface area contributed by atoms with Crippen molar-refractivity contribution < 1.29 is 4.79 Å². The van der Waals surface area contributed by atoms with Crippen LogP contribution in [-0.4, -0.2) is 24.0 Å². The van der Waals surface area contributed by atoms with E-state index in [0.717, 1.165) is 30.9 Å². The lowest BCUT2D eigenvalue weighted by Gasteiger charge is -2.28. The van der Waals surface area contributed by atoms with Crippen molar-refractivity contribution in [3.63, 3.8) is 0 Å². The smallest absolute Gasteiger partial charge is 0.225 e. The van der Waals surface area contributed by atoms with Gasteiger partial charge in [0.25, 0.3) is 0 Å². The average Bonchev–Trinajstić information content (AvgIpc) is 2.77. The Hall–Kier alpha value is -0.940. The summed E-state index contributed by atoms with van der Waals surface area (Å²) in [5.41, 5.74) is -0.381. The fourth-order valence-electron chi connectivity index (χ4n) is 2.18.